The molecule has 1 fully saturated rings. The standard InChI is InChI=1S/C13H11F3N2O4/c14-8(11(15)16)2-5-21-13(20)7-6-9(19)22-10(7)12-17-3-1-4-18-12/h1,3-4,7,10H,2,5-6H2. The highest BCUT2D eigenvalue weighted by Gasteiger charge is 2.43. The van der Waals surface area contributed by atoms with Crippen molar-refractivity contribution in [2.75, 3.05) is 6.61 Å². The van der Waals surface area contributed by atoms with E-state index in [0.717, 1.165) is 0 Å². The average molecular weight is 316 g/mol. The fourth-order valence-corrected chi connectivity index (χ4v) is 1.90. The molecule has 1 aromatic heterocycles. The van der Waals surface area contributed by atoms with Gasteiger partial charge in [0.15, 0.2) is 17.8 Å². The van der Waals surface area contributed by atoms with E-state index in [1.807, 2.05) is 0 Å². The molecule has 0 bridgehead atoms. The van der Waals surface area contributed by atoms with Crippen LogP contribution in [0.4, 0.5) is 13.2 Å². The van der Waals surface area contributed by atoms with Gasteiger partial charge in [0.05, 0.1) is 13.0 Å². The Labute approximate surface area is 123 Å². The molecule has 0 radical (unpaired) electrons. The lowest BCUT2D eigenvalue weighted by Gasteiger charge is -2.14. The van der Waals surface area contributed by atoms with Gasteiger partial charge in [0.2, 0.25) is 0 Å². The number of carbonyl (C=O) groups excluding carboxylic acids is 2. The van der Waals surface area contributed by atoms with Gasteiger partial charge in [0.25, 0.3) is 0 Å². The zero-order valence-electron chi connectivity index (χ0n) is 11.2. The summed E-state index contributed by atoms with van der Waals surface area (Å²) in [4.78, 5) is 31.0. The monoisotopic (exact) mass is 316 g/mol. The molecule has 22 heavy (non-hydrogen) atoms. The molecule has 0 aromatic carbocycles. The van der Waals surface area contributed by atoms with Gasteiger partial charge in [-0.2, -0.15) is 8.78 Å². The van der Waals surface area contributed by atoms with Crippen molar-refractivity contribution in [3.05, 3.63) is 36.2 Å². The maximum Gasteiger partial charge on any atom is 0.313 e. The van der Waals surface area contributed by atoms with Crippen LogP contribution in [-0.4, -0.2) is 28.5 Å². The second kappa shape index (κ2) is 7.01. The fraction of sp³-hybridized carbons (Fsp3) is 0.385. The van der Waals surface area contributed by atoms with Crippen LogP contribution < -0.4 is 0 Å². The molecule has 1 saturated heterocycles. The predicted octanol–water partition coefficient (Wildman–Crippen LogP) is 2.09. The first-order valence-electron chi connectivity index (χ1n) is 6.31. The zero-order chi connectivity index (χ0) is 16.1. The van der Waals surface area contributed by atoms with Crippen molar-refractivity contribution in [3.8, 4) is 0 Å². The third-order valence-electron chi connectivity index (χ3n) is 2.92. The van der Waals surface area contributed by atoms with E-state index in [9.17, 15) is 22.8 Å². The molecule has 1 aromatic rings. The summed E-state index contributed by atoms with van der Waals surface area (Å²) in [7, 11) is 0. The van der Waals surface area contributed by atoms with Gasteiger partial charge in [0, 0.05) is 18.8 Å². The van der Waals surface area contributed by atoms with E-state index in [1.165, 1.54) is 12.4 Å². The largest absolute Gasteiger partial charge is 0.465 e. The summed E-state index contributed by atoms with van der Waals surface area (Å²) in [5, 5.41) is 0. The van der Waals surface area contributed by atoms with Gasteiger partial charge in [-0.1, -0.05) is 0 Å². The van der Waals surface area contributed by atoms with E-state index in [4.69, 9.17) is 9.47 Å². The number of rotatable bonds is 5. The van der Waals surface area contributed by atoms with Gasteiger partial charge >= 0.3 is 18.0 Å². The molecule has 6 nitrogen and oxygen atoms in total. The van der Waals surface area contributed by atoms with Gasteiger partial charge < -0.3 is 9.47 Å². The van der Waals surface area contributed by atoms with Crippen LogP contribution in [0.2, 0.25) is 0 Å². The van der Waals surface area contributed by atoms with E-state index in [1.54, 1.807) is 6.07 Å². The lowest BCUT2D eigenvalue weighted by Crippen LogP contribution is -2.22. The molecule has 2 heterocycles. The van der Waals surface area contributed by atoms with Gasteiger partial charge in [-0.25, -0.2) is 14.4 Å². The number of cyclic esters (lactones) is 1. The minimum absolute atomic E-state index is 0.135. The first kappa shape index (κ1) is 15.9. The Morgan fingerprint density at radius 1 is 1.32 bits per heavy atom. The molecule has 2 atom stereocenters. The van der Waals surface area contributed by atoms with E-state index in [-0.39, 0.29) is 12.2 Å². The summed E-state index contributed by atoms with van der Waals surface area (Å²) in [6.07, 6.45) is -1.59. The Kier molecular flexibility index (Phi) is 5.08. The van der Waals surface area contributed by atoms with Crippen LogP contribution in [0.5, 0.6) is 0 Å². The highest BCUT2D eigenvalue weighted by atomic mass is 19.3. The molecule has 2 unspecified atom stereocenters. The Bertz CT molecular complexity index is 590. The van der Waals surface area contributed by atoms with Crippen LogP contribution in [0.3, 0.4) is 0 Å². The third kappa shape index (κ3) is 3.80. The third-order valence-corrected chi connectivity index (χ3v) is 2.92. The normalized spacial score (nSPS) is 20.4. The van der Waals surface area contributed by atoms with E-state index < -0.39 is 48.9 Å². The van der Waals surface area contributed by atoms with E-state index >= 15 is 0 Å². The Morgan fingerprint density at radius 3 is 2.64 bits per heavy atom. The van der Waals surface area contributed by atoms with E-state index in [0.29, 0.717) is 0 Å². The van der Waals surface area contributed by atoms with Crippen molar-refractivity contribution in [1.82, 2.24) is 9.97 Å². The van der Waals surface area contributed by atoms with Crippen LogP contribution in [0.25, 0.3) is 0 Å². The molecular formula is C13H11F3N2O4. The first-order chi connectivity index (χ1) is 10.5. The summed E-state index contributed by atoms with van der Waals surface area (Å²) < 4.78 is 46.0. The van der Waals surface area contributed by atoms with Crippen LogP contribution in [0.15, 0.2) is 30.4 Å². The zero-order valence-corrected chi connectivity index (χ0v) is 11.2. The van der Waals surface area contributed by atoms with Crippen molar-refractivity contribution >= 4 is 11.9 Å². The molecule has 0 aliphatic carbocycles. The maximum atomic E-state index is 12.6. The Balaban J connectivity index is 1.98. The summed E-state index contributed by atoms with van der Waals surface area (Å²) in [5.41, 5.74) is 0. The van der Waals surface area contributed by atoms with Gasteiger partial charge in [0.1, 0.15) is 5.92 Å². The second-order valence-corrected chi connectivity index (χ2v) is 4.41. The highest BCUT2D eigenvalue weighted by molar-refractivity contribution is 5.83. The smallest absolute Gasteiger partial charge is 0.313 e. The van der Waals surface area contributed by atoms with Gasteiger partial charge in [-0.3, -0.25) is 9.59 Å². The molecule has 2 rings (SSSR count). The minimum atomic E-state index is -2.45. The predicted molar refractivity (Wildman–Crippen MR) is 64.9 cm³/mol. The Hall–Kier alpha value is -2.45. The lowest BCUT2D eigenvalue weighted by atomic mass is 10.0. The summed E-state index contributed by atoms with van der Waals surface area (Å²) in [5.74, 6) is -3.97. The number of hydrogen-bond acceptors (Lipinski definition) is 6. The molecule has 0 spiro atoms. The molecule has 1 aliphatic rings. The summed E-state index contributed by atoms with van der Waals surface area (Å²) >= 11 is 0. The van der Waals surface area contributed by atoms with Crippen LogP contribution in [0, 0.1) is 5.92 Å². The number of esters is 2. The van der Waals surface area contributed by atoms with Crippen LogP contribution >= 0.6 is 0 Å². The topological polar surface area (TPSA) is 78.4 Å². The van der Waals surface area contributed by atoms with E-state index in [2.05, 4.69) is 9.97 Å². The van der Waals surface area contributed by atoms with Crippen molar-refractivity contribution in [3.63, 3.8) is 0 Å². The molecule has 0 saturated carbocycles. The number of carbonyl (C=O) groups is 2. The quantitative estimate of drug-likeness (QED) is 0.774. The van der Waals surface area contributed by atoms with Crippen molar-refractivity contribution in [2.24, 2.45) is 5.92 Å². The van der Waals surface area contributed by atoms with Gasteiger partial charge in [-0.05, 0) is 6.07 Å². The molecule has 0 amide bonds. The number of aromatic nitrogens is 2. The van der Waals surface area contributed by atoms with Crippen molar-refractivity contribution in [2.45, 2.75) is 18.9 Å². The molecule has 118 valence electrons. The van der Waals surface area contributed by atoms with Crippen molar-refractivity contribution < 1.29 is 32.2 Å². The Morgan fingerprint density at radius 2 is 2.00 bits per heavy atom. The highest BCUT2D eigenvalue weighted by Crippen LogP contribution is 2.34. The molecule has 9 heteroatoms. The molecule has 0 N–H and O–H groups in total. The van der Waals surface area contributed by atoms with Crippen molar-refractivity contribution in [1.29, 1.82) is 0 Å². The number of nitrogens with zero attached hydrogens (tertiary/aromatic N) is 2. The van der Waals surface area contributed by atoms with Crippen LogP contribution in [-0.2, 0) is 19.1 Å². The SMILES string of the molecule is O=C1CC(C(=O)OCCC(F)=C(F)F)C(c2ncccn2)O1. The lowest BCUT2D eigenvalue weighted by molar-refractivity contribution is -0.151. The first-order valence-corrected chi connectivity index (χ1v) is 6.31. The van der Waals surface area contributed by atoms with Crippen LogP contribution in [0.1, 0.15) is 24.8 Å². The molecular weight excluding hydrogens is 305 g/mol. The fourth-order valence-electron chi connectivity index (χ4n) is 1.90. The summed E-state index contributed by atoms with van der Waals surface area (Å²) in [6, 6.07) is 1.55. The number of halogens is 3. The summed E-state index contributed by atoms with van der Waals surface area (Å²) in [6.45, 7) is -0.560. The average Bonchev–Trinajstić information content (AvgIpc) is 2.90. The second-order valence-electron chi connectivity index (χ2n) is 4.41. The minimum Gasteiger partial charge on any atom is -0.465 e. The number of hydrogen-bond donors (Lipinski definition) is 0. The number of ether oxygens (including phenoxy) is 2. The molecule has 1 aliphatic heterocycles. The van der Waals surface area contributed by atoms with Gasteiger partial charge in [-0.15, -0.1) is 0 Å². The maximum absolute atomic E-state index is 12.6.